The van der Waals surface area contributed by atoms with Crippen LogP contribution < -0.4 is 5.56 Å². The molecule has 0 aliphatic rings. The number of rotatable bonds is 3. The molecule has 1 heterocycles. The van der Waals surface area contributed by atoms with E-state index in [1.165, 1.54) is 23.9 Å². The van der Waals surface area contributed by atoms with Gasteiger partial charge >= 0.3 is 5.97 Å². The molecule has 0 fully saturated rings. The highest BCUT2D eigenvalue weighted by Crippen LogP contribution is 2.13. The Morgan fingerprint density at radius 3 is 2.50 bits per heavy atom. The van der Waals surface area contributed by atoms with E-state index in [1.54, 1.807) is 24.3 Å². The van der Waals surface area contributed by atoms with Crippen molar-refractivity contribution in [1.82, 2.24) is 4.57 Å². The summed E-state index contributed by atoms with van der Waals surface area (Å²) < 4.78 is 6.03. The molecule has 1 aromatic carbocycles. The molecule has 104 valence electrons. The lowest BCUT2D eigenvalue weighted by Crippen LogP contribution is -2.20. The van der Waals surface area contributed by atoms with Crippen LogP contribution in [0.5, 0.6) is 0 Å². The molecule has 2 rings (SSSR count). The molecule has 0 aliphatic heterocycles. The SMILES string of the molecule is COC(=O)c1ccc(Cn2cc(Cl)cc(Cl)c2=O)cc1. The van der Waals surface area contributed by atoms with Gasteiger partial charge in [-0.15, -0.1) is 0 Å². The zero-order valence-corrected chi connectivity index (χ0v) is 12.1. The minimum Gasteiger partial charge on any atom is -0.465 e. The Morgan fingerprint density at radius 2 is 1.90 bits per heavy atom. The van der Waals surface area contributed by atoms with Crippen LogP contribution in [0.25, 0.3) is 0 Å². The lowest BCUT2D eigenvalue weighted by atomic mass is 10.1. The molecule has 0 aliphatic carbocycles. The Balaban J connectivity index is 2.27. The third-order valence-corrected chi connectivity index (χ3v) is 3.21. The predicted molar refractivity (Wildman–Crippen MR) is 77.6 cm³/mol. The van der Waals surface area contributed by atoms with Crippen molar-refractivity contribution < 1.29 is 9.53 Å². The normalized spacial score (nSPS) is 10.3. The largest absolute Gasteiger partial charge is 0.465 e. The maximum atomic E-state index is 11.8. The number of methoxy groups -OCH3 is 1. The van der Waals surface area contributed by atoms with E-state index in [4.69, 9.17) is 23.2 Å². The summed E-state index contributed by atoms with van der Waals surface area (Å²) >= 11 is 11.7. The first-order valence-electron chi connectivity index (χ1n) is 5.74. The van der Waals surface area contributed by atoms with E-state index in [9.17, 15) is 9.59 Å². The van der Waals surface area contributed by atoms with Crippen molar-refractivity contribution in [3.05, 3.63) is 68.1 Å². The Kier molecular flexibility index (Phi) is 4.47. The smallest absolute Gasteiger partial charge is 0.337 e. The average Bonchev–Trinajstić information content (AvgIpc) is 2.44. The second-order valence-electron chi connectivity index (χ2n) is 4.13. The molecule has 0 radical (unpaired) electrons. The van der Waals surface area contributed by atoms with Crippen molar-refractivity contribution in [2.24, 2.45) is 0 Å². The molecule has 6 heteroatoms. The third-order valence-electron chi connectivity index (χ3n) is 2.74. The number of pyridine rings is 1. The molecule has 0 atom stereocenters. The zero-order valence-electron chi connectivity index (χ0n) is 10.6. The lowest BCUT2D eigenvalue weighted by molar-refractivity contribution is 0.0600. The van der Waals surface area contributed by atoms with Gasteiger partial charge in [0.05, 0.1) is 24.2 Å². The van der Waals surface area contributed by atoms with Gasteiger partial charge in [0.1, 0.15) is 5.02 Å². The number of benzene rings is 1. The maximum Gasteiger partial charge on any atom is 0.337 e. The van der Waals surface area contributed by atoms with Crippen LogP contribution in [0.15, 0.2) is 41.3 Å². The monoisotopic (exact) mass is 311 g/mol. The predicted octanol–water partition coefficient (Wildman–Crippen LogP) is 2.99. The van der Waals surface area contributed by atoms with E-state index >= 15 is 0 Å². The first-order chi connectivity index (χ1) is 9.51. The van der Waals surface area contributed by atoms with Gasteiger partial charge in [0, 0.05) is 6.20 Å². The van der Waals surface area contributed by atoms with Crippen LogP contribution in [0.2, 0.25) is 10.0 Å². The lowest BCUT2D eigenvalue weighted by Gasteiger charge is -2.07. The number of halogens is 2. The molecular formula is C14H11Cl2NO3. The first-order valence-corrected chi connectivity index (χ1v) is 6.49. The fourth-order valence-electron chi connectivity index (χ4n) is 1.74. The first kappa shape index (κ1) is 14.6. The number of hydrogen-bond acceptors (Lipinski definition) is 3. The minimum absolute atomic E-state index is 0.0729. The summed E-state index contributed by atoms with van der Waals surface area (Å²) in [6, 6.07) is 8.17. The summed E-state index contributed by atoms with van der Waals surface area (Å²) in [5, 5.41) is 0.462. The second-order valence-corrected chi connectivity index (χ2v) is 4.97. The highest BCUT2D eigenvalue weighted by molar-refractivity contribution is 6.34. The molecule has 0 saturated heterocycles. The van der Waals surface area contributed by atoms with Crippen molar-refractivity contribution in [3.8, 4) is 0 Å². The number of aromatic nitrogens is 1. The van der Waals surface area contributed by atoms with Gasteiger partial charge in [-0.05, 0) is 23.8 Å². The van der Waals surface area contributed by atoms with Crippen molar-refractivity contribution in [3.63, 3.8) is 0 Å². The van der Waals surface area contributed by atoms with Crippen molar-refractivity contribution in [2.75, 3.05) is 7.11 Å². The number of ether oxygens (including phenoxy) is 1. The molecule has 20 heavy (non-hydrogen) atoms. The van der Waals surface area contributed by atoms with Gasteiger partial charge in [0.25, 0.3) is 5.56 Å². The molecule has 2 aromatic rings. The highest BCUT2D eigenvalue weighted by Gasteiger charge is 2.07. The quantitative estimate of drug-likeness (QED) is 0.819. The number of carbonyl (C=O) groups excluding carboxylic acids is 1. The van der Waals surface area contributed by atoms with Crippen molar-refractivity contribution in [1.29, 1.82) is 0 Å². The van der Waals surface area contributed by atoms with Gasteiger partial charge in [0.15, 0.2) is 0 Å². The summed E-state index contributed by atoms with van der Waals surface area (Å²) in [5.74, 6) is -0.403. The van der Waals surface area contributed by atoms with Crippen molar-refractivity contribution >= 4 is 29.2 Å². The molecular weight excluding hydrogens is 301 g/mol. The topological polar surface area (TPSA) is 48.3 Å². The Labute approximate surface area is 125 Å². The molecule has 0 N–H and O–H groups in total. The summed E-state index contributed by atoms with van der Waals surface area (Å²) in [7, 11) is 1.32. The van der Waals surface area contributed by atoms with Crippen LogP contribution in [-0.4, -0.2) is 17.6 Å². The van der Waals surface area contributed by atoms with Gasteiger partial charge in [-0.2, -0.15) is 0 Å². The van der Waals surface area contributed by atoms with Gasteiger partial charge < -0.3 is 9.30 Å². The second kappa shape index (κ2) is 6.11. The number of hydrogen-bond donors (Lipinski definition) is 0. The fraction of sp³-hybridized carbons (Fsp3) is 0.143. The standard InChI is InChI=1S/C14H11Cl2NO3/c1-20-14(19)10-4-2-9(3-5-10)7-17-8-11(15)6-12(16)13(17)18/h2-6,8H,7H2,1H3. The van der Waals surface area contributed by atoms with Gasteiger partial charge in [-0.3, -0.25) is 4.79 Å². The molecule has 0 bridgehead atoms. The molecule has 4 nitrogen and oxygen atoms in total. The van der Waals surface area contributed by atoms with Crippen LogP contribution in [0, 0.1) is 0 Å². The summed E-state index contributed by atoms with van der Waals surface area (Å²) in [4.78, 5) is 23.2. The van der Waals surface area contributed by atoms with E-state index in [1.807, 2.05) is 0 Å². The van der Waals surface area contributed by atoms with Gasteiger partial charge in [-0.25, -0.2) is 4.79 Å². The fourth-order valence-corrected chi connectivity index (χ4v) is 2.25. The van der Waals surface area contributed by atoms with Crippen LogP contribution >= 0.6 is 23.2 Å². The number of carbonyl (C=O) groups is 1. The molecule has 0 saturated carbocycles. The van der Waals surface area contributed by atoms with Crippen LogP contribution in [0.1, 0.15) is 15.9 Å². The molecule has 1 aromatic heterocycles. The molecule has 0 spiro atoms. The van der Waals surface area contributed by atoms with E-state index in [2.05, 4.69) is 4.74 Å². The Morgan fingerprint density at radius 1 is 1.25 bits per heavy atom. The van der Waals surface area contributed by atoms with Gasteiger partial charge in [0.2, 0.25) is 0 Å². The van der Waals surface area contributed by atoms with E-state index in [0.29, 0.717) is 17.1 Å². The molecule has 0 amide bonds. The van der Waals surface area contributed by atoms with Crippen molar-refractivity contribution in [2.45, 2.75) is 6.54 Å². The number of nitrogens with zero attached hydrogens (tertiary/aromatic N) is 1. The average molecular weight is 312 g/mol. The number of esters is 1. The van der Waals surface area contributed by atoms with E-state index in [0.717, 1.165) is 5.56 Å². The van der Waals surface area contributed by atoms with E-state index < -0.39 is 5.97 Å². The molecule has 0 unspecified atom stereocenters. The van der Waals surface area contributed by atoms with Gasteiger partial charge in [-0.1, -0.05) is 35.3 Å². The Bertz CT molecular complexity index is 693. The highest BCUT2D eigenvalue weighted by atomic mass is 35.5. The third kappa shape index (κ3) is 3.21. The summed E-state index contributed by atoms with van der Waals surface area (Å²) in [6.45, 7) is 0.320. The zero-order chi connectivity index (χ0) is 14.7. The Hall–Kier alpha value is -1.78. The van der Waals surface area contributed by atoms with Crippen LogP contribution in [-0.2, 0) is 11.3 Å². The summed E-state index contributed by atoms with van der Waals surface area (Å²) in [6.07, 6.45) is 1.52. The maximum absolute atomic E-state index is 11.8. The minimum atomic E-state index is -0.403. The van der Waals surface area contributed by atoms with Crippen LogP contribution in [0.4, 0.5) is 0 Å². The van der Waals surface area contributed by atoms with Crippen LogP contribution in [0.3, 0.4) is 0 Å². The van der Waals surface area contributed by atoms with E-state index in [-0.39, 0.29) is 10.6 Å². The summed E-state index contributed by atoms with van der Waals surface area (Å²) in [5.41, 5.74) is 0.985.